The molecule has 0 fully saturated rings. The van der Waals surface area contributed by atoms with Gasteiger partial charge in [0.2, 0.25) is 5.90 Å². The van der Waals surface area contributed by atoms with E-state index in [9.17, 15) is 14.9 Å². The number of esters is 1. The quantitative estimate of drug-likeness (QED) is 0.336. The third-order valence-electron chi connectivity index (χ3n) is 3.43. The normalized spacial score (nSPS) is 15.0. The van der Waals surface area contributed by atoms with Crippen molar-refractivity contribution in [2.45, 2.75) is 0 Å². The minimum absolute atomic E-state index is 0.0525. The largest absolute Gasteiger partial charge is 0.496 e. The lowest BCUT2D eigenvalue weighted by atomic mass is 10.1. The van der Waals surface area contributed by atoms with E-state index < -0.39 is 10.9 Å². The standard InChI is InChI=1S/C17H11BrN2O5/c1-24-15-7-4-12(18)8-11(15)9-14-17(21)25-16(19-14)10-2-5-13(6-3-10)20(22)23/h2-9H,1H3/b14-9-. The lowest BCUT2D eigenvalue weighted by Crippen LogP contribution is -2.05. The Balaban J connectivity index is 1.95. The van der Waals surface area contributed by atoms with Crippen molar-refractivity contribution in [3.8, 4) is 5.75 Å². The van der Waals surface area contributed by atoms with Crippen LogP contribution in [0.25, 0.3) is 6.08 Å². The van der Waals surface area contributed by atoms with Gasteiger partial charge in [-0.2, -0.15) is 0 Å². The third kappa shape index (κ3) is 3.58. The third-order valence-corrected chi connectivity index (χ3v) is 3.92. The minimum Gasteiger partial charge on any atom is -0.496 e. The average Bonchev–Trinajstić information content (AvgIpc) is 2.96. The number of carbonyl (C=O) groups is 1. The first-order chi connectivity index (χ1) is 12.0. The summed E-state index contributed by atoms with van der Waals surface area (Å²) < 4.78 is 11.2. The van der Waals surface area contributed by atoms with Crippen molar-refractivity contribution in [1.82, 2.24) is 0 Å². The Morgan fingerprint density at radius 1 is 1.24 bits per heavy atom. The van der Waals surface area contributed by atoms with Gasteiger partial charge in [0.15, 0.2) is 5.70 Å². The summed E-state index contributed by atoms with van der Waals surface area (Å²) in [6.07, 6.45) is 1.56. The number of nitro benzene ring substituents is 1. The van der Waals surface area contributed by atoms with Crippen LogP contribution in [0.2, 0.25) is 0 Å². The van der Waals surface area contributed by atoms with Crippen molar-refractivity contribution >= 4 is 39.6 Å². The summed E-state index contributed by atoms with van der Waals surface area (Å²) in [5.41, 5.74) is 1.20. The highest BCUT2D eigenvalue weighted by Gasteiger charge is 2.25. The molecule has 0 N–H and O–H groups in total. The van der Waals surface area contributed by atoms with E-state index in [0.717, 1.165) is 4.47 Å². The molecular formula is C17H11BrN2O5. The molecule has 126 valence electrons. The number of aliphatic imine (C=N–C) groups is 1. The first kappa shape index (κ1) is 16.8. The first-order valence-corrected chi connectivity index (χ1v) is 7.88. The fourth-order valence-electron chi connectivity index (χ4n) is 2.22. The smallest absolute Gasteiger partial charge is 0.363 e. The Labute approximate surface area is 150 Å². The van der Waals surface area contributed by atoms with Crippen LogP contribution in [0.1, 0.15) is 11.1 Å². The van der Waals surface area contributed by atoms with Gasteiger partial charge in [0.05, 0.1) is 12.0 Å². The molecule has 0 radical (unpaired) electrons. The van der Waals surface area contributed by atoms with Crippen LogP contribution in [-0.4, -0.2) is 23.9 Å². The number of non-ortho nitro benzene ring substituents is 1. The van der Waals surface area contributed by atoms with Crippen LogP contribution in [0.3, 0.4) is 0 Å². The number of ether oxygens (including phenoxy) is 2. The predicted molar refractivity (Wildman–Crippen MR) is 94.4 cm³/mol. The summed E-state index contributed by atoms with van der Waals surface area (Å²) in [5, 5.41) is 10.7. The molecule has 0 saturated carbocycles. The number of hydrogen-bond acceptors (Lipinski definition) is 6. The van der Waals surface area contributed by atoms with E-state index in [2.05, 4.69) is 20.9 Å². The maximum absolute atomic E-state index is 12.1. The van der Waals surface area contributed by atoms with Crippen molar-refractivity contribution in [2.24, 2.45) is 4.99 Å². The number of nitro groups is 1. The minimum atomic E-state index is -0.601. The molecule has 0 atom stereocenters. The molecular weight excluding hydrogens is 392 g/mol. The second-order valence-corrected chi connectivity index (χ2v) is 5.94. The van der Waals surface area contributed by atoms with Crippen molar-refractivity contribution in [3.63, 3.8) is 0 Å². The summed E-state index contributed by atoms with van der Waals surface area (Å²) >= 11 is 3.37. The molecule has 2 aromatic rings. The van der Waals surface area contributed by atoms with Crippen LogP contribution in [0.4, 0.5) is 5.69 Å². The number of halogens is 1. The van der Waals surface area contributed by atoms with Crippen molar-refractivity contribution in [1.29, 1.82) is 0 Å². The zero-order valence-electron chi connectivity index (χ0n) is 12.9. The number of carbonyl (C=O) groups excluding carboxylic acids is 1. The Bertz CT molecular complexity index is 919. The van der Waals surface area contributed by atoms with E-state index in [0.29, 0.717) is 16.9 Å². The van der Waals surface area contributed by atoms with Gasteiger partial charge in [-0.3, -0.25) is 10.1 Å². The van der Waals surface area contributed by atoms with Gasteiger partial charge >= 0.3 is 5.97 Å². The van der Waals surface area contributed by atoms with Gasteiger partial charge in [0.1, 0.15) is 5.75 Å². The molecule has 0 spiro atoms. The Morgan fingerprint density at radius 2 is 1.96 bits per heavy atom. The fourth-order valence-corrected chi connectivity index (χ4v) is 2.60. The summed E-state index contributed by atoms with van der Waals surface area (Å²) in [6.45, 7) is 0. The highest BCUT2D eigenvalue weighted by atomic mass is 79.9. The van der Waals surface area contributed by atoms with Crippen molar-refractivity contribution in [3.05, 3.63) is 73.9 Å². The number of hydrogen-bond donors (Lipinski definition) is 0. The van der Waals surface area contributed by atoms with E-state index >= 15 is 0 Å². The second kappa shape index (κ2) is 6.86. The highest BCUT2D eigenvalue weighted by molar-refractivity contribution is 9.10. The van der Waals surface area contributed by atoms with Crippen LogP contribution < -0.4 is 4.74 Å². The van der Waals surface area contributed by atoms with Gasteiger partial charge in [0.25, 0.3) is 5.69 Å². The van der Waals surface area contributed by atoms with Crippen LogP contribution in [0.5, 0.6) is 5.75 Å². The number of methoxy groups -OCH3 is 1. The molecule has 0 bridgehead atoms. The summed E-state index contributed by atoms with van der Waals surface area (Å²) in [5.74, 6) is 0.0815. The molecule has 1 aliphatic rings. The summed E-state index contributed by atoms with van der Waals surface area (Å²) in [4.78, 5) is 26.4. The van der Waals surface area contributed by atoms with Crippen LogP contribution >= 0.6 is 15.9 Å². The van der Waals surface area contributed by atoms with E-state index in [-0.39, 0.29) is 17.3 Å². The van der Waals surface area contributed by atoms with Crippen LogP contribution in [-0.2, 0) is 9.53 Å². The summed E-state index contributed by atoms with van der Waals surface area (Å²) in [6, 6.07) is 11.0. The number of benzene rings is 2. The lowest BCUT2D eigenvalue weighted by molar-refractivity contribution is -0.384. The monoisotopic (exact) mass is 402 g/mol. The van der Waals surface area contributed by atoms with E-state index in [1.807, 2.05) is 6.07 Å². The molecule has 0 aromatic heterocycles. The van der Waals surface area contributed by atoms with Crippen LogP contribution in [0.15, 0.2) is 57.6 Å². The topological polar surface area (TPSA) is 91.0 Å². The molecule has 7 nitrogen and oxygen atoms in total. The maximum Gasteiger partial charge on any atom is 0.363 e. The SMILES string of the molecule is COc1ccc(Br)cc1/C=C1\N=C(c2ccc([N+](=O)[O-])cc2)OC1=O. The molecule has 25 heavy (non-hydrogen) atoms. The summed E-state index contributed by atoms with van der Waals surface area (Å²) in [7, 11) is 1.53. The Morgan fingerprint density at radius 3 is 2.60 bits per heavy atom. The predicted octanol–water partition coefficient (Wildman–Crippen LogP) is 3.71. The van der Waals surface area contributed by atoms with Crippen molar-refractivity contribution < 1.29 is 19.2 Å². The molecule has 0 saturated heterocycles. The molecule has 0 amide bonds. The molecule has 3 rings (SSSR count). The highest BCUT2D eigenvalue weighted by Crippen LogP contribution is 2.27. The molecule has 1 heterocycles. The second-order valence-electron chi connectivity index (χ2n) is 5.03. The number of nitrogens with zero attached hydrogens (tertiary/aromatic N) is 2. The lowest BCUT2D eigenvalue weighted by Gasteiger charge is -2.04. The number of cyclic esters (lactones) is 1. The van der Waals surface area contributed by atoms with Gasteiger partial charge in [-0.15, -0.1) is 0 Å². The average molecular weight is 403 g/mol. The van der Waals surface area contributed by atoms with Gasteiger partial charge in [-0.25, -0.2) is 9.79 Å². The zero-order chi connectivity index (χ0) is 18.0. The van der Waals surface area contributed by atoms with Gasteiger partial charge in [-0.05, 0) is 36.4 Å². The van der Waals surface area contributed by atoms with E-state index in [1.54, 1.807) is 18.2 Å². The zero-order valence-corrected chi connectivity index (χ0v) is 14.5. The molecule has 8 heteroatoms. The molecule has 0 aliphatic carbocycles. The van der Waals surface area contributed by atoms with Crippen molar-refractivity contribution in [2.75, 3.05) is 7.11 Å². The van der Waals surface area contributed by atoms with Gasteiger partial charge in [0, 0.05) is 27.7 Å². The van der Waals surface area contributed by atoms with Crippen LogP contribution in [0, 0.1) is 10.1 Å². The molecule has 2 aromatic carbocycles. The Kier molecular flexibility index (Phi) is 4.62. The Hall–Kier alpha value is -3.00. The van der Waals surface area contributed by atoms with Gasteiger partial charge < -0.3 is 9.47 Å². The fraction of sp³-hybridized carbons (Fsp3) is 0.0588. The van der Waals surface area contributed by atoms with Gasteiger partial charge in [-0.1, -0.05) is 15.9 Å². The van der Waals surface area contributed by atoms with E-state index in [4.69, 9.17) is 9.47 Å². The molecule has 1 aliphatic heterocycles. The van der Waals surface area contributed by atoms with E-state index in [1.165, 1.54) is 31.4 Å². The first-order valence-electron chi connectivity index (χ1n) is 7.09. The molecule has 0 unspecified atom stereocenters. The maximum atomic E-state index is 12.1. The number of rotatable bonds is 4.